The molecule has 112 valence electrons. The Hall–Kier alpha value is -1.47. The molecule has 0 spiro atoms. The molecule has 0 aromatic carbocycles. The summed E-state index contributed by atoms with van der Waals surface area (Å²) in [6.45, 7) is 5.70. The van der Waals surface area contributed by atoms with Crippen LogP contribution in [0.15, 0.2) is 0 Å². The van der Waals surface area contributed by atoms with E-state index in [1.54, 1.807) is 20.8 Å². The van der Waals surface area contributed by atoms with E-state index in [2.05, 4.69) is 0 Å². The molecule has 0 fully saturated rings. The maximum absolute atomic E-state index is 12.3. The minimum absolute atomic E-state index is 0.129. The van der Waals surface area contributed by atoms with Crippen LogP contribution in [0.25, 0.3) is 0 Å². The van der Waals surface area contributed by atoms with Gasteiger partial charge in [-0.3, -0.25) is 4.79 Å². The molecule has 0 aliphatic carbocycles. The van der Waals surface area contributed by atoms with E-state index in [1.165, 1.54) is 6.92 Å². The fourth-order valence-corrected chi connectivity index (χ4v) is 1.52. The summed E-state index contributed by atoms with van der Waals surface area (Å²) in [7, 11) is 0. The highest BCUT2D eigenvalue weighted by atomic mass is 19.4. The van der Waals surface area contributed by atoms with Crippen LogP contribution in [0, 0.1) is 0 Å². The molecular weight excluding hydrogens is 265 g/mol. The van der Waals surface area contributed by atoms with Gasteiger partial charge in [0.2, 0.25) is 0 Å². The predicted molar refractivity (Wildman–Crippen MR) is 62.8 cm³/mol. The first kappa shape index (κ1) is 17.5. The van der Waals surface area contributed by atoms with Gasteiger partial charge in [0.1, 0.15) is 0 Å². The quantitative estimate of drug-likeness (QED) is 0.860. The number of halogens is 3. The third-order valence-corrected chi connectivity index (χ3v) is 2.55. The Morgan fingerprint density at radius 2 is 1.58 bits per heavy atom. The van der Waals surface area contributed by atoms with Crippen molar-refractivity contribution in [2.24, 2.45) is 0 Å². The maximum Gasteiger partial charge on any atom is 0.471 e. The van der Waals surface area contributed by atoms with Crippen LogP contribution in [0.3, 0.4) is 0 Å². The van der Waals surface area contributed by atoms with Crippen LogP contribution in [-0.2, 0) is 4.79 Å². The number of amides is 2. The molecule has 0 aromatic rings. The summed E-state index contributed by atoms with van der Waals surface area (Å²) in [6.07, 6.45) is -6.17. The Kier molecular flexibility index (Phi) is 5.64. The first-order valence-corrected chi connectivity index (χ1v) is 5.78. The molecule has 0 radical (unpaired) electrons. The maximum atomic E-state index is 12.3. The van der Waals surface area contributed by atoms with E-state index in [-0.39, 0.29) is 19.6 Å². The molecule has 0 atom stereocenters. The normalized spacial score (nSPS) is 12.2. The fourth-order valence-electron chi connectivity index (χ4n) is 1.52. The standard InChI is InChI=1S/C11H19F3N2O3/c1-5-15(8(17)11(12,13)14)6-7-16(9(18)19)10(2,3)4/h5-7H2,1-4H3,(H,18,19). The van der Waals surface area contributed by atoms with Gasteiger partial charge in [-0.25, -0.2) is 4.79 Å². The van der Waals surface area contributed by atoms with Gasteiger partial charge in [0.15, 0.2) is 0 Å². The highest BCUT2D eigenvalue weighted by molar-refractivity contribution is 5.81. The number of rotatable bonds is 4. The van der Waals surface area contributed by atoms with E-state index in [0.717, 1.165) is 4.90 Å². The first-order valence-electron chi connectivity index (χ1n) is 5.78. The fraction of sp³-hybridized carbons (Fsp3) is 0.818. The van der Waals surface area contributed by atoms with Gasteiger partial charge in [0.25, 0.3) is 0 Å². The topological polar surface area (TPSA) is 60.9 Å². The number of carboxylic acid groups (broad SMARTS) is 1. The molecule has 0 saturated heterocycles. The number of hydrogen-bond donors (Lipinski definition) is 1. The van der Waals surface area contributed by atoms with Crippen LogP contribution in [-0.4, -0.2) is 58.3 Å². The third-order valence-electron chi connectivity index (χ3n) is 2.55. The summed E-state index contributed by atoms with van der Waals surface area (Å²) in [5.41, 5.74) is -0.744. The second-order valence-corrected chi connectivity index (χ2v) is 4.99. The van der Waals surface area contributed by atoms with Gasteiger partial charge >= 0.3 is 18.2 Å². The Labute approximate surface area is 110 Å². The Morgan fingerprint density at radius 1 is 1.11 bits per heavy atom. The molecule has 0 aliphatic rings. The second kappa shape index (κ2) is 6.12. The van der Waals surface area contributed by atoms with Gasteiger partial charge in [-0.2, -0.15) is 13.2 Å². The molecular formula is C11H19F3N2O3. The Balaban J connectivity index is 4.75. The minimum atomic E-state index is -4.94. The van der Waals surface area contributed by atoms with Crippen molar-refractivity contribution in [1.29, 1.82) is 0 Å². The van der Waals surface area contributed by atoms with E-state index in [9.17, 15) is 22.8 Å². The van der Waals surface area contributed by atoms with Gasteiger partial charge in [0.05, 0.1) is 0 Å². The largest absolute Gasteiger partial charge is 0.471 e. The van der Waals surface area contributed by atoms with Crippen molar-refractivity contribution in [3.8, 4) is 0 Å². The van der Waals surface area contributed by atoms with Gasteiger partial charge < -0.3 is 14.9 Å². The monoisotopic (exact) mass is 284 g/mol. The van der Waals surface area contributed by atoms with Crippen molar-refractivity contribution in [1.82, 2.24) is 9.80 Å². The van der Waals surface area contributed by atoms with Crippen LogP contribution < -0.4 is 0 Å². The van der Waals surface area contributed by atoms with Crippen LogP contribution in [0.1, 0.15) is 27.7 Å². The Morgan fingerprint density at radius 3 is 1.84 bits per heavy atom. The molecule has 0 unspecified atom stereocenters. The average Bonchev–Trinajstić information content (AvgIpc) is 2.19. The van der Waals surface area contributed by atoms with Crippen molar-refractivity contribution in [2.45, 2.75) is 39.4 Å². The number of carbonyl (C=O) groups is 2. The van der Waals surface area contributed by atoms with Crippen LogP contribution >= 0.6 is 0 Å². The van der Waals surface area contributed by atoms with Crippen molar-refractivity contribution in [3.63, 3.8) is 0 Å². The molecule has 1 N–H and O–H groups in total. The van der Waals surface area contributed by atoms with E-state index >= 15 is 0 Å². The molecule has 2 amide bonds. The van der Waals surface area contributed by atoms with Gasteiger partial charge in [-0.05, 0) is 27.7 Å². The summed E-state index contributed by atoms with van der Waals surface area (Å²) in [6, 6.07) is 0. The average molecular weight is 284 g/mol. The zero-order chi connectivity index (χ0) is 15.4. The van der Waals surface area contributed by atoms with Crippen molar-refractivity contribution < 1.29 is 27.9 Å². The number of alkyl halides is 3. The summed E-state index contributed by atoms with van der Waals surface area (Å²) in [5.74, 6) is -1.95. The zero-order valence-corrected chi connectivity index (χ0v) is 11.4. The summed E-state index contributed by atoms with van der Waals surface area (Å²) >= 11 is 0. The van der Waals surface area contributed by atoms with Crippen molar-refractivity contribution in [3.05, 3.63) is 0 Å². The van der Waals surface area contributed by atoms with Crippen molar-refractivity contribution >= 4 is 12.0 Å². The summed E-state index contributed by atoms with van der Waals surface area (Å²) in [5, 5.41) is 8.99. The Bertz CT molecular complexity index is 337. The van der Waals surface area contributed by atoms with Gasteiger partial charge in [0, 0.05) is 25.2 Å². The molecule has 0 bridgehead atoms. The molecule has 5 nitrogen and oxygen atoms in total. The number of nitrogens with zero attached hydrogens (tertiary/aromatic N) is 2. The van der Waals surface area contributed by atoms with E-state index < -0.39 is 23.7 Å². The lowest BCUT2D eigenvalue weighted by Gasteiger charge is -2.34. The lowest BCUT2D eigenvalue weighted by atomic mass is 10.1. The molecule has 8 heteroatoms. The first-order chi connectivity index (χ1) is 8.41. The smallest absolute Gasteiger partial charge is 0.465 e. The SMILES string of the molecule is CCN(CCN(C(=O)O)C(C)(C)C)C(=O)C(F)(F)F. The predicted octanol–water partition coefficient (Wildman–Crippen LogP) is 2.18. The molecule has 0 aliphatic heterocycles. The number of likely N-dealkylation sites (N-methyl/N-ethyl adjacent to an activating group) is 1. The van der Waals surface area contributed by atoms with Crippen LogP contribution in [0.2, 0.25) is 0 Å². The summed E-state index contributed by atoms with van der Waals surface area (Å²) in [4.78, 5) is 23.7. The minimum Gasteiger partial charge on any atom is -0.465 e. The molecule has 19 heavy (non-hydrogen) atoms. The molecule has 0 aromatic heterocycles. The van der Waals surface area contributed by atoms with E-state index in [0.29, 0.717) is 4.90 Å². The zero-order valence-electron chi connectivity index (χ0n) is 11.4. The van der Waals surface area contributed by atoms with E-state index in [4.69, 9.17) is 5.11 Å². The second-order valence-electron chi connectivity index (χ2n) is 4.99. The summed E-state index contributed by atoms with van der Waals surface area (Å²) < 4.78 is 36.8. The molecule has 0 rings (SSSR count). The van der Waals surface area contributed by atoms with E-state index in [1.807, 2.05) is 0 Å². The third kappa shape index (κ3) is 5.35. The lowest BCUT2D eigenvalue weighted by Crippen LogP contribution is -2.50. The highest BCUT2D eigenvalue weighted by Crippen LogP contribution is 2.19. The van der Waals surface area contributed by atoms with Gasteiger partial charge in [-0.1, -0.05) is 0 Å². The van der Waals surface area contributed by atoms with Crippen molar-refractivity contribution in [2.75, 3.05) is 19.6 Å². The van der Waals surface area contributed by atoms with Crippen LogP contribution in [0.4, 0.5) is 18.0 Å². The highest BCUT2D eigenvalue weighted by Gasteiger charge is 2.42. The molecule has 0 saturated carbocycles. The lowest BCUT2D eigenvalue weighted by molar-refractivity contribution is -0.185. The number of carbonyl (C=O) groups excluding carboxylic acids is 1. The van der Waals surface area contributed by atoms with Gasteiger partial charge in [-0.15, -0.1) is 0 Å². The number of hydrogen-bond acceptors (Lipinski definition) is 2. The molecule has 0 heterocycles. The van der Waals surface area contributed by atoms with Crippen LogP contribution in [0.5, 0.6) is 0 Å².